The second-order valence-electron chi connectivity index (χ2n) is 3.66. The van der Waals surface area contributed by atoms with Crippen LogP contribution in [0.5, 0.6) is 5.75 Å². The van der Waals surface area contributed by atoms with Crippen molar-refractivity contribution in [1.29, 1.82) is 0 Å². The average molecular weight is 261 g/mol. The lowest BCUT2D eigenvalue weighted by Crippen LogP contribution is -2.24. The third-order valence-corrected chi connectivity index (χ3v) is 2.20. The standard InChI is InChI=1S/C13H12FN3O2/c14-10-3-5-12(6-4-10)19-9-13(18)17-16-8-11-2-1-7-15-11/h1-8,15H,9H2,(H,17,18)/b16-8+. The predicted molar refractivity (Wildman–Crippen MR) is 68.4 cm³/mol. The van der Waals surface area contributed by atoms with Crippen LogP contribution in [0, 0.1) is 5.82 Å². The molecule has 2 N–H and O–H groups in total. The van der Waals surface area contributed by atoms with E-state index in [0.717, 1.165) is 5.69 Å². The summed E-state index contributed by atoms with van der Waals surface area (Å²) in [5.41, 5.74) is 3.09. The molecule has 0 spiro atoms. The third-order valence-electron chi connectivity index (χ3n) is 2.20. The molecule has 19 heavy (non-hydrogen) atoms. The Morgan fingerprint density at radius 1 is 1.37 bits per heavy atom. The van der Waals surface area contributed by atoms with E-state index in [0.29, 0.717) is 5.75 Å². The van der Waals surface area contributed by atoms with Gasteiger partial charge in [0.25, 0.3) is 5.91 Å². The van der Waals surface area contributed by atoms with Crippen molar-refractivity contribution in [3.8, 4) is 5.75 Å². The van der Waals surface area contributed by atoms with Gasteiger partial charge in [-0.1, -0.05) is 0 Å². The number of ether oxygens (including phenoxy) is 1. The summed E-state index contributed by atoms with van der Waals surface area (Å²) in [5.74, 6) is -0.329. The van der Waals surface area contributed by atoms with Crippen LogP contribution in [-0.4, -0.2) is 23.7 Å². The summed E-state index contributed by atoms with van der Waals surface area (Å²) >= 11 is 0. The number of nitrogens with one attached hydrogen (secondary N) is 2. The van der Waals surface area contributed by atoms with Crippen molar-refractivity contribution in [1.82, 2.24) is 10.4 Å². The van der Waals surface area contributed by atoms with E-state index in [9.17, 15) is 9.18 Å². The van der Waals surface area contributed by atoms with E-state index in [-0.39, 0.29) is 12.4 Å². The van der Waals surface area contributed by atoms with Gasteiger partial charge < -0.3 is 9.72 Å². The second-order valence-corrected chi connectivity index (χ2v) is 3.66. The molecular formula is C13H12FN3O2. The monoisotopic (exact) mass is 261 g/mol. The lowest BCUT2D eigenvalue weighted by atomic mass is 10.3. The molecule has 1 heterocycles. The van der Waals surface area contributed by atoms with Gasteiger partial charge in [-0.2, -0.15) is 5.10 Å². The molecule has 0 bridgehead atoms. The predicted octanol–water partition coefficient (Wildman–Crippen LogP) is 1.68. The smallest absolute Gasteiger partial charge is 0.277 e. The van der Waals surface area contributed by atoms with Crippen molar-refractivity contribution in [2.75, 3.05) is 6.61 Å². The zero-order valence-corrected chi connectivity index (χ0v) is 9.97. The topological polar surface area (TPSA) is 66.5 Å². The van der Waals surface area contributed by atoms with Gasteiger partial charge in [0.15, 0.2) is 6.61 Å². The first kappa shape index (κ1) is 12.8. The number of hydrazone groups is 1. The highest BCUT2D eigenvalue weighted by Gasteiger charge is 2.01. The number of aromatic nitrogens is 1. The van der Waals surface area contributed by atoms with Crippen molar-refractivity contribution in [3.05, 3.63) is 54.1 Å². The number of benzene rings is 1. The highest BCUT2D eigenvalue weighted by atomic mass is 19.1. The summed E-state index contributed by atoms with van der Waals surface area (Å²) in [7, 11) is 0. The van der Waals surface area contributed by atoms with Crippen molar-refractivity contribution in [3.63, 3.8) is 0 Å². The van der Waals surface area contributed by atoms with Crippen LogP contribution in [0.3, 0.4) is 0 Å². The van der Waals surface area contributed by atoms with Crippen molar-refractivity contribution in [2.24, 2.45) is 5.10 Å². The fourth-order valence-electron chi connectivity index (χ4n) is 1.31. The molecule has 1 aromatic carbocycles. The Balaban J connectivity index is 1.74. The molecule has 0 fully saturated rings. The van der Waals surface area contributed by atoms with Gasteiger partial charge >= 0.3 is 0 Å². The minimum atomic E-state index is -0.396. The summed E-state index contributed by atoms with van der Waals surface area (Å²) in [6, 6.07) is 9.05. The molecule has 0 saturated heterocycles. The van der Waals surface area contributed by atoms with Gasteiger partial charge in [0.2, 0.25) is 0 Å². The van der Waals surface area contributed by atoms with E-state index in [1.54, 1.807) is 6.20 Å². The Bertz CT molecular complexity index is 550. The molecule has 1 amide bonds. The highest BCUT2D eigenvalue weighted by molar-refractivity contribution is 5.81. The zero-order valence-electron chi connectivity index (χ0n) is 9.97. The number of halogens is 1. The molecule has 0 radical (unpaired) electrons. The number of aromatic amines is 1. The molecule has 0 saturated carbocycles. The molecule has 2 aromatic rings. The van der Waals surface area contributed by atoms with Gasteiger partial charge in [0.1, 0.15) is 11.6 Å². The van der Waals surface area contributed by atoms with E-state index in [2.05, 4.69) is 15.5 Å². The second kappa shape index (κ2) is 6.34. The van der Waals surface area contributed by atoms with E-state index in [1.807, 2.05) is 12.1 Å². The molecule has 6 heteroatoms. The Morgan fingerprint density at radius 3 is 2.84 bits per heavy atom. The number of carbonyl (C=O) groups excluding carboxylic acids is 1. The Labute approximate surface area is 109 Å². The fraction of sp³-hybridized carbons (Fsp3) is 0.0769. The van der Waals surface area contributed by atoms with Crippen LogP contribution >= 0.6 is 0 Å². The molecule has 5 nitrogen and oxygen atoms in total. The van der Waals surface area contributed by atoms with E-state index < -0.39 is 5.91 Å². The Morgan fingerprint density at radius 2 is 2.16 bits per heavy atom. The van der Waals surface area contributed by atoms with Crippen LogP contribution in [0.4, 0.5) is 4.39 Å². The lowest BCUT2D eigenvalue weighted by Gasteiger charge is -2.04. The number of hydrogen-bond acceptors (Lipinski definition) is 3. The lowest BCUT2D eigenvalue weighted by molar-refractivity contribution is -0.123. The van der Waals surface area contributed by atoms with Gasteiger partial charge in [-0.15, -0.1) is 0 Å². The van der Waals surface area contributed by atoms with Crippen LogP contribution in [0.2, 0.25) is 0 Å². The number of nitrogens with zero attached hydrogens (tertiary/aromatic N) is 1. The van der Waals surface area contributed by atoms with Crippen molar-refractivity contribution < 1.29 is 13.9 Å². The molecule has 0 aliphatic heterocycles. The molecule has 0 atom stereocenters. The highest BCUT2D eigenvalue weighted by Crippen LogP contribution is 2.10. The first-order valence-electron chi connectivity index (χ1n) is 5.58. The van der Waals surface area contributed by atoms with Gasteiger partial charge in [-0.3, -0.25) is 4.79 Å². The minimum absolute atomic E-state index is 0.187. The molecule has 1 aromatic heterocycles. The maximum absolute atomic E-state index is 12.6. The molecule has 98 valence electrons. The molecule has 0 unspecified atom stereocenters. The normalized spacial score (nSPS) is 10.6. The van der Waals surface area contributed by atoms with Gasteiger partial charge in [-0.05, 0) is 36.4 Å². The van der Waals surface area contributed by atoms with Crippen LogP contribution in [-0.2, 0) is 4.79 Å². The first-order chi connectivity index (χ1) is 9.24. The summed E-state index contributed by atoms with van der Waals surface area (Å²) in [6.45, 7) is -0.187. The number of H-pyrrole nitrogens is 1. The summed E-state index contributed by atoms with van der Waals surface area (Å²) in [4.78, 5) is 14.3. The van der Waals surface area contributed by atoms with Crippen LogP contribution in [0.1, 0.15) is 5.69 Å². The zero-order chi connectivity index (χ0) is 13.5. The Kier molecular flexibility index (Phi) is 4.28. The largest absolute Gasteiger partial charge is 0.484 e. The minimum Gasteiger partial charge on any atom is -0.484 e. The Hall–Kier alpha value is -2.63. The number of hydrogen-bond donors (Lipinski definition) is 2. The molecule has 0 aliphatic carbocycles. The maximum atomic E-state index is 12.6. The quantitative estimate of drug-likeness (QED) is 0.635. The number of amides is 1. The third kappa shape index (κ3) is 4.27. The van der Waals surface area contributed by atoms with E-state index in [1.165, 1.54) is 30.5 Å². The number of rotatable bonds is 5. The van der Waals surface area contributed by atoms with Gasteiger partial charge in [-0.25, -0.2) is 9.82 Å². The molecular weight excluding hydrogens is 249 g/mol. The van der Waals surface area contributed by atoms with E-state index >= 15 is 0 Å². The van der Waals surface area contributed by atoms with E-state index in [4.69, 9.17) is 4.74 Å². The van der Waals surface area contributed by atoms with Gasteiger partial charge in [0.05, 0.1) is 11.9 Å². The maximum Gasteiger partial charge on any atom is 0.277 e. The average Bonchev–Trinajstić information content (AvgIpc) is 2.91. The van der Waals surface area contributed by atoms with Crippen molar-refractivity contribution in [2.45, 2.75) is 0 Å². The fourth-order valence-corrected chi connectivity index (χ4v) is 1.31. The van der Waals surface area contributed by atoms with Crippen LogP contribution < -0.4 is 10.2 Å². The van der Waals surface area contributed by atoms with Crippen LogP contribution in [0.25, 0.3) is 0 Å². The molecule has 0 aliphatic rings. The SMILES string of the molecule is O=C(COc1ccc(F)cc1)N/N=C/c1ccc[nH]1. The van der Waals surface area contributed by atoms with Crippen molar-refractivity contribution >= 4 is 12.1 Å². The van der Waals surface area contributed by atoms with Gasteiger partial charge in [0, 0.05) is 6.20 Å². The molecule has 2 rings (SSSR count). The first-order valence-corrected chi connectivity index (χ1v) is 5.58. The summed E-state index contributed by atoms with van der Waals surface area (Å²) in [5, 5.41) is 3.74. The number of carbonyl (C=O) groups is 1. The summed E-state index contributed by atoms with van der Waals surface area (Å²) in [6.07, 6.45) is 3.23. The summed E-state index contributed by atoms with van der Waals surface area (Å²) < 4.78 is 17.8. The van der Waals surface area contributed by atoms with Crippen LogP contribution in [0.15, 0.2) is 47.7 Å².